The Morgan fingerprint density at radius 2 is 2.24 bits per heavy atom. The van der Waals surface area contributed by atoms with E-state index in [1.807, 2.05) is 0 Å². The van der Waals surface area contributed by atoms with Gasteiger partial charge in [-0.25, -0.2) is 0 Å². The van der Waals surface area contributed by atoms with Gasteiger partial charge in [-0.2, -0.15) is 0 Å². The lowest BCUT2D eigenvalue weighted by molar-refractivity contribution is 0.356. The maximum atomic E-state index is 5.77. The molecule has 0 aromatic carbocycles. The summed E-state index contributed by atoms with van der Waals surface area (Å²) in [5.41, 5.74) is -1.99. The fourth-order valence-electron chi connectivity index (χ4n) is 0.891. The summed E-state index contributed by atoms with van der Waals surface area (Å²) < 4.78 is 5.77. The molecule has 0 radical (unpaired) electrons. The molecule has 3 nitrogen and oxygen atoms in total. The molecule has 100 valence electrons. The minimum Gasteiger partial charge on any atom is -0.326 e. The summed E-state index contributed by atoms with van der Waals surface area (Å²) in [4.78, 5) is 4.12. The predicted octanol–water partition coefficient (Wildman–Crippen LogP) is 3.97. The number of aliphatic imine (C=N–C) groups is 1. The molecular formula is C11H23N2OPS2. The largest absolute Gasteiger partial charge is 0.326 e. The van der Waals surface area contributed by atoms with Crippen LogP contribution in [0.2, 0.25) is 0 Å². The second kappa shape index (κ2) is 11.3. The van der Waals surface area contributed by atoms with Gasteiger partial charge in [0.15, 0.2) is 0 Å². The lowest BCUT2D eigenvalue weighted by Crippen LogP contribution is -2.09. The van der Waals surface area contributed by atoms with Crippen molar-refractivity contribution in [1.82, 2.24) is 5.09 Å². The highest BCUT2D eigenvalue weighted by molar-refractivity contribution is 8.68. The molecule has 0 aliphatic carbocycles. The topological polar surface area (TPSA) is 33.6 Å². The summed E-state index contributed by atoms with van der Waals surface area (Å²) >= 11 is 7.28. The van der Waals surface area contributed by atoms with Gasteiger partial charge in [0.25, 0.3) is 0 Å². The Labute approximate surface area is 114 Å². The molecule has 17 heavy (non-hydrogen) atoms. The third-order valence-electron chi connectivity index (χ3n) is 1.77. The standard InChI is InChI=1S/C11H23N2OPS2/c1-4-7-10-17-15(16,14-9-6-3)13-11-12-8-5-2/h5,11H,2,4,6-10H2,1,3H3,(H,12,13,16). The van der Waals surface area contributed by atoms with E-state index in [2.05, 4.69) is 30.5 Å². The number of hydrogen-bond donors (Lipinski definition) is 1. The van der Waals surface area contributed by atoms with Gasteiger partial charge in [0.1, 0.15) is 0 Å². The Kier molecular flexibility index (Phi) is 11.4. The van der Waals surface area contributed by atoms with Gasteiger partial charge in [-0.15, -0.1) is 6.58 Å². The SMILES string of the molecule is C=CCN=CNP(=S)(OCCC)SCCCC. The van der Waals surface area contributed by atoms with Crippen molar-refractivity contribution >= 4 is 35.1 Å². The maximum absolute atomic E-state index is 5.77. The minimum absolute atomic E-state index is 0.607. The molecule has 0 aliphatic heterocycles. The number of nitrogens with zero attached hydrogens (tertiary/aromatic N) is 1. The molecule has 1 unspecified atom stereocenters. The highest BCUT2D eigenvalue weighted by Crippen LogP contribution is 2.56. The molecule has 0 aromatic rings. The number of nitrogens with one attached hydrogen (secondary N) is 1. The van der Waals surface area contributed by atoms with E-state index in [9.17, 15) is 0 Å². The molecular weight excluding hydrogens is 271 g/mol. The van der Waals surface area contributed by atoms with E-state index in [1.54, 1.807) is 23.8 Å². The van der Waals surface area contributed by atoms with Crippen LogP contribution in [0.5, 0.6) is 0 Å². The summed E-state index contributed by atoms with van der Waals surface area (Å²) in [6, 6.07) is 0. The maximum Gasteiger partial charge on any atom is 0.211 e. The van der Waals surface area contributed by atoms with Crippen molar-refractivity contribution in [3.05, 3.63) is 12.7 Å². The first kappa shape index (κ1) is 17.2. The van der Waals surface area contributed by atoms with Crippen molar-refractivity contribution in [2.75, 3.05) is 18.9 Å². The summed E-state index contributed by atoms with van der Waals surface area (Å²) in [6.07, 6.45) is 6.75. The molecule has 6 heteroatoms. The Balaban J connectivity index is 4.17. The molecule has 1 N–H and O–H groups in total. The molecule has 0 amide bonds. The fourth-order valence-corrected chi connectivity index (χ4v) is 5.38. The van der Waals surface area contributed by atoms with Crippen LogP contribution in [0.4, 0.5) is 0 Å². The van der Waals surface area contributed by atoms with Gasteiger partial charge < -0.3 is 9.61 Å². The van der Waals surface area contributed by atoms with Crippen molar-refractivity contribution in [3.8, 4) is 0 Å². The van der Waals surface area contributed by atoms with E-state index in [0.717, 1.165) is 12.2 Å². The van der Waals surface area contributed by atoms with E-state index in [0.29, 0.717) is 13.2 Å². The fraction of sp³-hybridized carbons (Fsp3) is 0.727. The second-order valence-electron chi connectivity index (χ2n) is 3.43. The van der Waals surface area contributed by atoms with Gasteiger partial charge in [0, 0.05) is 5.75 Å². The van der Waals surface area contributed by atoms with Crippen LogP contribution in [0.25, 0.3) is 0 Å². The lowest BCUT2D eigenvalue weighted by Gasteiger charge is -2.20. The third kappa shape index (κ3) is 9.83. The van der Waals surface area contributed by atoms with Crippen LogP contribution < -0.4 is 5.09 Å². The molecule has 0 spiro atoms. The Hall–Kier alpha value is 0.170. The van der Waals surface area contributed by atoms with Crippen LogP contribution >= 0.6 is 17.0 Å². The predicted molar refractivity (Wildman–Crippen MR) is 84.6 cm³/mol. The Morgan fingerprint density at radius 1 is 1.47 bits per heavy atom. The van der Waals surface area contributed by atoms with Gasteiger partial charge in [0.2, 0.25) is 5.62 Å². The molecule has 1 atom stereocenters. The lowest BCUT2D eigenvalue weighted by atomic mass is 10.4. The third-order valence-corrected chi connectivity index (χ3v) is 7.31. The van der Waals surface area contributed by atoms with Crippen LogP contribution in [-0.4, -0.2) is 25.2 Å². The van der Waals surface area contributed by atoms with E-state index in [1.165, 1.54) is 12.8 Å². The zero-order valence-electron chi connectivity index (χ0n) is 10.7. The molecule has 0 bridgehead atoms. The van der Waals surface area contributed by atoms with Crippen LogP contribution in [0.1, 0.15) is 33.1 Å². The average molecular weight is 294 g/mol. The number of hydrogen-bond acceptors (Lipinski definition) is 4. The van der Waals surface area contributed by atoms with Crippen LogP contribution in [0, 0.1) is 0 Å². The van der Waals surface area contributed by atoms with E-state index in [4.69, 9.17) is 16.3 Å². The first-order valence-electron chi connectivity index (χ1n) is 5.94. The number of unbranched alkanes of at least 4 members (excludes halogenated alkanes) is 1. The Bertz CT molecular complexity index is 272. The zero-order chi connectivity index (χ0) is 13.0. The summed E-state index contributed by atoms with van der Waals surface area (Å²) in [6.45, 7) is 9.19. The van der Waals surface area contributed by atoms with Crippen LogP contribution in [-0.2, 0) is 16.3 Å². The van der Waals surface area contributed by atoms with Gasteiger partial charge in [-0.1, -0.05) is 37.7 Å². The van der Waals surface area contributed by atoms with Gasteiger partial charge >= 0.3 is 0 Å². The summed E-state index contributed by atoms with van der Waals surface area (Å²) in [7, 11) is 0. The molecule has 0 heterocycles. The van der Waals surface area contributed by atoms with Gasteiger partial charge in [-0.05, 0) is 24.6 Å². The number of rotatable bonds is 11. The van der Waals surface area contributed by atoms with E-state index in [-0.39, 0.29) is 0 Å². The van der Waals surface area contributed by atoms with Crippen molar-refractivity contribution in [2.45, 2.75) is 33.1 Å². The molecule has 0 rings (SSSR count). The minimum atomic E-state index is -1.99. The molecule has 0 saturated carbocycles. The second-order valence-corrected chi connectivity index (χ2v) is 10.2. The smallest absolute Gasteiger partial charge is 0.211 e. The average Bonchev–Trinajstić information content (AvgIpc) is 2.33. The monoisotopic (exact) mass is 294 g/mol. The van der Waals surface area contributed by atoms with Crippen LogP contribution in [0.15, 0.2) is 17.6 Å². The summed E-state index contributed by atoms with van der Waals surface area (Å²) in [5, 5.41) is 3.15. The van der Waals surface area contributed by atoms with E-state index < -0.39 is 5.62 Å². The van der Waals surface area contributed by atoms with Crippen LogP contribution in [0.3, 0.4) is 0 Å². The summed E-state index contributed by atoms with van der Waals surface area (Å²) in [5.74, 6) is 1.04. The molecule has 0 fully saturated rings. The zero-order valence-corrected chi connectivity index (χ0v) is 13.3. The first-order valence-corrected chi connectivity index (χ1v) is 10.3. The van der Waals surface area contributed by atoms with Crippen molar-refractivity contribution in [1.29, 1.82) is 0 Å². The quantitative estimate of drug-likeness (QED) is 0.205. The normalized spacial score (nSPS) is 14.7. The highest BCUT2D eigenvalue weighted by Gasteiger charge is 2.16. The van der Waals surface area contributed by atoms with Gasteiger partial charge in [-0.3, -0.25) is 4.99 Å². The molecule has 0 saturated heterocycles. The van der Waals surface area contributed by atoms with Crippen molar-refractivity contribution < 1.29 is 4.52 Å². The Morgan fingerprint density at radius 3 is 2.82 bits per heavy atom. The van der Waals surface area contributed by atoms with E-state index >= 15 is 0 Å². The molecule has 0 aliphatic rings. The van der Waals surface area contributed by atoms with Crippen molar-refractivity contribution in [3.63, 3.8) is 0 Å². The van der Waals surface area contributed by atoms with Crippen molar-refractivity contribution in [2.24, 2.45) is 4.99 Å². The highest BCUT2D eigenvalue weighted by atomic mass is 32.9. The first-order chi connectivity index (χ1) is 8.18. The molecule has 0 aromatic heterocycles. The van der Waals surface area contributed by atoms with Gasteiger partial charge in [0.05, 0.1) is 19.5 Å².